The first-order chi connectivity index (χ1) is 25.8. The Morgan fingerprint density at radius 2 is 0.981 bits per heavy atom. The van der Waals surface area contributed by atoms with Gasteiger partial charge in [-0.3, -0.25) is 0 Å². The van der Waals surface area contributed by atoms with E-state index in [1.54, 1.807) is 0 Å². The van der Waals surface area contributed by atoms with Gasteiger partial charge < -0.3 is 9.32 Å². The van der Waals surface area contributed by atoms with Gasteiger partial charge in [-0.05, 0) is 83.4 Å². The fraction of sp³-hybridized carbons (Fsp3) is 0. The lowest BCUT2D eigenvalue weighted by Gasteiger charge is -2.27. The van der Waals surface area contributed by atoms with Gasteiger partial charge in [0.2, 0.25) is 0 Å². The summed E-state index contributed by atoms with van der Waals surface area (Å²) in [5.41, 5.74) is 9.79. The molecular formula is C48H29NOS2. The van der Waals surface area contributed by atoms with Gasteiger partial charge >= 0.3 is 0 Å². The zero-order valence-electron chi connectivity index (χ0n) is 27.9. The standard InChI is InChI=1S/C48H29NOS2/c1-3-11-30(12-4-1)32-19-22-37-40-29-34(21-26-45(40)52-46(37)27-32)49(33-20-25-44-39(28-33)36-15-8-10-18-43(36)51-44)41-24-23-35(31-13-5-2-6-14-31)48-47(41)38-16-7-9-17-42(38)50-48/h1-29H. The monoisotopic (exact) mass is 699 g/mol. The normalized spacial score (nSPS) is 11.8. The highest BCUT2D eigenvalue weighted by atomic mass is 32.1. The first-order valence-corrected chi connectivity index (χ1v) is 19.1. The summed E-state index contributed by atoms with van der Waals surface area (Å²) in [5, 5.41) is 7.31. The van der Waals surface area contributed by atoms with Crippen LogP contribution in [0.2, 0.25) is 0 Å². The van der Waals surface area contributed by atoms with Crippen molar-refractivity contribution in [1.29, 1.82) is 0 Å². The Morgan fingerprint density at radius 1 is 0.385 bits per heavy atom. The first kappa shape index (κ1) is 29.5. The summed E-state index contributed by atoms with van der Waals surface area (Å²) >= 11 is 3.71. The van der Waals surface area contributed by atoms with Crippen molar-refractivity contribution in [1.82, 2.24) is 0 Å². The molecule has 11 aromatic rings. The van der Waals surface area contributed by atoms with Crippen LogP contribution in [0.3, 0.4) is 0 Å². The van der Waals surface area contributed by atoms with Crippen LogP contribution in [-0.2, 0) is 0 Å². The van der Waals surface area contributed by atoms with Crippen LogP contribution in [-0.4, -0.2) is 0 Å². The molecule has 0 unspecified atom stereocenters. The van der Waals surface area contributed by atoms with Crippen LogP contribution in [0, 0.1) is 0 Å². The predicted molar refractivity (Wildman–Crippen MR) is 225 cm³/mol. The van der Waals surface area contributed by atoms with Crippen LogP contribution in [0.5, 0.6) is 0 Å². The summed E-state index contributed by atoms with van der Waals surface area (Å²) in [4.78, 5) is 2.44. The number of furan rings is 1. The molecule has 0 bridgehead atoms. The van der Waals surface area contributed by atoms with E-state index in [0.717, 1.165) is 50.1 Å². The summed E-state index contributed by atoms with van der Waals surface area (Å²) in [6.45, 7) is 0. The number of nitrogens with zero attached hydrogens (tertiary/aromatic N) is 1. The Bertz CT molecular complexity index is 3130. The predicted octanol–water partition coefficient (Wildman–Crippen LogP) is 15.1. The fourth-order valence-corrected chi connectivity index (χ4v) is 10.0. The van der Waals surface area contributed by atoms with E-state index in [1.165, 1.54) is 51.5 Å². The Balaban J connectivity index is 1.18. The van der Waals surface area contributed by atoms with Crippen molar-refractivity contribution in [3.63, 3.8) is 0 Å². The van der Waals surface area contributed by atoms with Crippen LogP contribution < -0.4 is 4.90 Å². The Morgan fingerprint density at radius 3 is 1.73 bits per heavy atom. The maximum Gasteiger partial charge on any atom is 0.145 e. The molecule has 0 aliphatic heterocycles. The van der Waals surface area contributed by atoms with Crippen molar-refractivity contribution in [3.05, 3.63) is 176 Å². The van der Waals surface area contributed by atoms with E-state index in [9.17, 15) is 0 Å². The van der Waals surface area contributed by atoms with E-state index in [1.807, 2.05) is 22.7 Å². The summed E-state index contributed by atoms with van der Waals surface area (Å²) in [7, 11) is 0. The SMILES string of the molecule is c1ccc(-c2ccc3c(c2)sc2ccc(N(c4ccc5sc6ccccc6c5c4)c4ccc(-c5ccccc5)c5oc6ccccc6c45)cc23)cc1. The number of hydrogen-bond donors (Lipinski definition) is 0. The zero-order chi connectivity index (χ0) is 34.2. The van der Waals surface area contributed by atoms with Crippen LogP contribution in [0.1, 0.15) is 0 Å². The number of hydrogen-bond acceptors (Lipinski definition) is 4. The van der Waals surface area contributed by atoms with E-state index in [4.69, 9.17) is 4.42 Å². The number of fused-ring (bicyclic) bond motifs is 9. The minimum Gasteiger partial charge on any atom is -0.455 e. The highest BCUT2D eigenvalue weighted by molar-refractivity contribution is 7.26. The van der Waals surface area contributed by atoms with Crippen LogP contribution in [0.25, 0.3) is 84.5 Å². The summed E-state index contributed by atoms with van der Waals surface area (Å²) in [6, 6.07) is 63.7. The largest absolute Gasteiger partial charge is 0.455 e. The van der Waals surface area contributed by atoms with E-state index in [2.05, 4.69) is 181 Å². The van der Waals surface area contributed by atoms with E-state index < -0.39 is 0 Å². The molecule has 2 nitrogen and oxygen atoms in total. The molecule has 0 radical (unpaired) electrons. The maximum atomic E-state index is 6.76. The molecule has 11 rings (SSSR count). The van der Waals surface area contributed by atoms with Crippen molar-refractivity contribution < 1.29 is 4.42 Å². The highest BCUT2D eigenvalue weighted by Crippen LogP contribution is 2.48. The fourth-order valence-electron chi connectivity index (χ4n) is 7.84. The third-order valence-corrected chi connectivity index (χ3v) is 12.6. The third-order valence-electron chi connectivity index (χ3n) is 10.3. The van der Waals surface area contributed by atoms with Gasteiger partial charge in [0, 0.05) is 62.7 Å². The molecule has 4 heteroatoms. The number of thiophene rings is 2. The third kappa shape index (κ3) is 4.62. The van der Waals surface area contributed by atoms with Crippen molar-refractivity contribution in [3.8, 4) is 22.3 Å². The first-order valence-electron chi connectivity index (χ1n) is 17.5. The molecule has 0 saturated carbocycles. The molecule has 52 heavy (non-hydrogen) atoms. The lowest BCUT2D eigenvalue weighted by Crippen LogP contribution is -2.10. The average Bonchev–Trinajstić information content (AvgIpc) is 3.90. The van der Waals surface area contributed by atoms with Gasteiger partial charge in [0.15, 0.2) is 0 Å². The van der Waals surface area contributed by atoms with Gasteiger partial charge in [0.25, 0.3) is 0 Å². The Hall–Kier alpha value is -6.20. The summed E-state index contributed by atoms with van der Waals surface area (Å²) in [6.07, 6.45) is 0. The van der Waals surface area contributed by atoms with Gasteiger partial charge in [0.1, 0.15) is 11.2 Å². The minimum absolute atomic E-state index is 0.884. The summed E-state index contributed by atoms with van der Waals surface area (Å²) in [5.74, 6) is 0. The second kappa shape index (κ2) is 11.7. The average molecular weight is 700 g/mol. The molecule has 0 aliphatic carbocycles. The molecule has 3 aromatic heterocycles. The number of anilines is 3. The van der Waals surface area contributed by atoms with Gasteiger partial charge in [-0.15, -0.1) is 22.7 Å². The van der Waals surface area contributed by atoms with E-state index in [-0.39, 0.29) is 0 Å². The van der Waals surface area contributed by atoms with Crippen molar-refractivity contribution in [2.24, 2.45) is 0 Å². The molecular weight excluding hydrogens is 671 g/mol. The molecule has 8 aromatic carbocycles. The lowest BCUT2D eigenvalue weighted by atomic mass is 9.99. The summed E-state index contributed by atoms with van der Waals surface area (Å²) < 4.78 is 11.9. The Labute approximate surface area is 308 Å². The molecule has 0 saturated heterocycles. The molecule has 0 atom stereocenters. The number of rotatable bonds is 5. The molecule has 0 N–H and O–H groups in total. The number of benzene rings is 8. The molecule has 0 fully saturated rings. The van der Waals surface area contributed by atoms with Crippen molar-refractivity contribution >= 4 is 102 Å². The second-order valence-electron chi connectivity index (χ2n) is 13.3. The highest BCUT2D eigenvalue weighted by Gasteiger charge is 2.23. The lowest BCUT2D eigenvalue weighted by molar-refractivity contribution is 0.670. The van der Waals surface area contributed by atoms with Gasteiger partial charge in [0.05, 0.1) is 11.1 Å². The van der Waals surface area contributed by atoms with Crippen molar-refractivity contribution in [2.45, 2.75) is 0 Å². The van der Waals surface area contributed by atoms with Gasteiger partial charge in [-0.25, -0.2) is 0 Å². The smallest absolute Gasteiger partial charge is 0.145 e. The topological polar surface area (TPSA) is 16.4 Å². The van der Waals surface area contributed by atoms with Gasteiger partial charge in [-0.2, -0.15) is 0 Å². The molecule has 0 aliphatic rings. The zero-order valence-corrected chi connectivity index (χ0v) is 29.5. The Kier molecular flexibility index (Phi) is 6.63. The molecule has 244 valence electrons. The molecule has 0 spiro atoms. The van der Waals surface area contributed by atoms with Gasteiger partial charge in [-0.1, -0.05) is 109 Å². The van der Waals surface area contributed by atoms with Crippen LogP contribution >= 0.6 is 22.7 Å². The maximum absolute atomic E-state index is 6.76. The van der Waals surface area contributed by atoms with Crippen LogP contribution in [0.4, 0.5) is 17.1 Å². The second-order valence-corrected chi connectivity index (χ2v) is 15.4. The number of para-hydroxylation sites is 1. The molecule has 3 heterocycles. The van der Waals surface area contributed by atoms with E-state index >= 15 is 0 Å². The minimum atomic E-state index is 0.884. The van der Waals surface area contributed by atoms with E-state index in [0.29, 0.717) is 0 Å². The van der Waals surface area contributed by atoms with Crippen LogP contribution in [0.15, 0.2) is 180 Å². The molecule has 0 amide bonds. The van der Waals surface area contributed by atoms with Crippen molar-refractivity contribution in [2.75, 3.05) is 4.90 Å². The quantitative estimate of drug-likeness (QED) is 0.178.